The number of benzene rings is 3. The smallest absolute Gasteiger partial charge is 0.294 e. The van der Waals surface area contributed by atoms with E-state index in [1.165, 1.54) is 4.90 Å². The number of amides is 1. The molecule has 0 atom stereocenters. The SMILES string of the molecule is C#CCN(Cc1ccccc1OC)C(=O)c1nnc2c3cc(C)ccc3n(S(=O)(=O)c3ccc(C)cc3)c2n1. The molecule has 196 valence electrons. The van der Waals surface area contributed by atoms with Gasteiger partial charge in [-0.25, -0.2) is 17.4 Å². The van der Waals surface area contributed by atoms with E-state index in [4.69, 9.17) is 11.2 Å². The van der Waals surface area contributed by atoms with Crippen LogP contribution in [0, 0.1) is 26.2 Å². The van der Waals surface area contributed by atoms with Gasteiger partial charge >= 0.3 is 0 Å². The maximum Gasteiger partial charge on any atom is 0.294 e. The Morgan fingerprint density at radius 1 is 1.03 bits per heavy atom. The average Bonchev–Trinajstić information content (AvgIpc) is 3.26. The quantitative estimate of drug-likeness (QED) is 0.286. The van der Waals surface area contributed by atoms with Crippen LogP contribution in [0.25, 0.3) is 22.1 Å². The molecule has 3 aromatic carbocycles. The van der Waals surface area contributed by atoms with Crippen molar-refractivity contribution in [1.29, 1.82) is 0 Å². The highest BCUT2D eigenvalue weighted by atomic mass is 32.2. The van der Waals surface area contributed by atoms with E-state index >= 15 is 0 Å². The molecule has 0 aliphatic rings. The molecule has 10 heteroatoms. The first-order chi connectivity index (χ1) is 18.7. The standard InChI is InChI=1S/C29H25N5O4S/c1-5-16-33(18-21-8-6-7-9-25(21)38-4)29(35)27-30-28-26(31-32-27)23-17-20(3)12-15-24(23)34(28)39(36,37)22-13-10-19(2)11-14-22/h1,6-15,17H,16,18H2,2-4H3. The summed E-state index contributed by atoms with van der Waals surface area (Å²) in [6.45, 7) is 3.88. The number of ether oxygens (including phenoxy) is 1. The van der Waals surface area contributed by atoms with Gasteiger partial charge < -0.3 is 9.64 Å². The van der Waals surface area contributed by atoms with Crippen molar-refractivity contribution >= 4 is 38.0 Å². The number of hydrogen-bond acceptors (Lipinski definition) is 7. The number of aromatic nitrogens is 4. The van der Waals surface area contributed by atoms with Crippen LogP contribution in [-0.4, -0.2) is 52.0 Å². The Bertz CT molecular complexity index is 1870. The van der Waals surface area contributed by atoms with Gasteiger partial charge in [-0.2, -0.15) is 0 Å². The first-order valence-electron chi connectivity index (χ1n) is 12.1. The summed E-state index contributed by atoms with van der Waals surface area (Å²) in [5.41, 5.74) is 3.24. The Morgan fingerprint density at radius 2 is 1.74 bits per heavy atom. The van der Waals surface area contributed by atoms with E-state index in [-0.39, 0.29) is 35.0 Å². The van der Waals surface area contributed by atoms with E-state index in [2.05, 4.69) is 21.1 Å². The van der Waals surface area contributed by atoms with Crippen molar-refractivity contribution in [3.8, 4) is 18.1 Å². The largest absolute Gasteiger partial charge is 0.496 e. The molecule has 39 heavy (non-hydrogen) atoms. The van der Waals surface area contributed by atoms with Gasteiger partial charge in [0.05, 0.1) is 30.6 Å². The fourth-order valence-corrected chi connectivity index (χ4v) is 5.87. The van der Waals surface area contributed by atoms with E-state index in [0.29, 0.717) is 16.7 Å². The second-order valence-corrected chi connectivity index (χ2v) is 10.9. The number of para-hydroxylation sites is 1. The zero-order valence-electron chi connectivity index (χ0n) is 21.6. The molecule has 0 N–H and O–H groups in total. The van der Waals surface area contributed by atoms with E-state index < -0.39 is 15.9 Å². The van der Waals surface area contributed by atoms with Crippen LogP contribution >= 0.6 is 0 Å². The Balaban J connectivity index is 1.67. The Kier molecular flexibility index (Phi) is 6.76. The van der Waals surface area contributed by atoms with Crippen LogP contribution in [0.3, 0.4) is 0 Å². The predicted molar refractivity (Wildman–Crippen MR) is 148 cm³/mol. The average molecular weight is 540 g/mol. The minimum absolute atomic E-state index is 0.00692. The summed E-state index contributed by atoms with van der Waals surface area (Å²) in [7, 11) is -2.55. The summed E-state index contributed by atoms with van der Waals surface area (Å²) in [6, 6.07) is 19.1. The Morgan fingerprint density at radius 3 is 2.46 bits per heavy atom. The summed E-state index contributed by atoms with van der Waals surface area (Å²) in [4.78, 5) is 19.5. The van der Waals surface area contributed by atoms with E-state index in [0.717, 1.165) is 20.7 Å². The normalized spacial score (nSPS) is 11.4. The van der Waals surface area contributed by atoms with Crippen LogP contribution in [0.5, 0.6) is 5.75 Å². The number of carbonyl (C=O) groups is 1. The third-order valence-corrected chi connectivity index (χ3v) is 8.08. The van der Waals surface area contributed by atoms with Gasteiger partial charge in [-0.1, -0.05) is 53.4 Å². The number of carbonyl (C=O) groups excluding carboxylic acids is 1. The van der Waals surface area contributed by atoms with Crippen molar-refractivity contribution in [2.24, 2.45) is 0 Å². The number of fused-ring (bicyclic) bond motifs is 3. The van der Waals surface area contributed by atoms with Crippen molar-refractivity contribution in [1.82, 2.24) is 24.1 Å². The monoisotopic (exact) mass is 539 g/mol. The van der Waals surface area contributed by atoms with Crippen molar-refractivity contribution in [2.45, 2.75) is 25.3 Å². The topological polar surface area (TPSA) is 107 Å². The number of hydrogen-bond donors (Lipinski definition) is 0. The van der Waals surface area contributed by atoms with Crippen molar-refractivity contribution < 1.29 is 17.9 Å². The Labute approximate surface area is 226 Å². The van der Waals surface area contributed by atoms with Crippen LogP contribution in [0.2, 0.25) is 0 Å². The van der Waals surface area contributed by atoms with Crippen LogP contribution in [0.1, 0.15) is 27.3 Å². The van der Waals surface area contributed by atoms with Crippen LogP contribution in [-0.2, 0) is 16.6 Å². The molecule has 0 spiro atoms. The van der Waals surface area contributed by atoms with Gasteiger partial charge in [0.15, 0.2) is 5.65 Å². The fourth-order valence-electron chi connectivity index (χ4n) is 4.40. The third kappa shape index (κ3) is 4.69. The molecular formula is C29H25N5O4S. The van der Waals surface area contributed by atoms with Gasteiger partial charge in [0.25, 0.3) is 15.9 Å². The van der Waals surface area contributed by atoms with Gasteiger partial charge in [-0.3, -0.25) is 4.79 Å². The van der Waals surface area contributed by atoms with Crippen LogP contribution in [0.4, 0.5) is 0 Å². The summed E-state index contributed by atoms with van der Waals surface area (Å²) in [5, 5.41) is 8.93. The molecule has 0 fully saturated rings. The number of aryl methyl sites for hydroxylation is 2. The van der Waals surface area contributed by atoms with Crippen molar-refractivity contribution in [2.75, 3.05) is 13.7 Å². The second kappa shape index (κ2) is 10.2. The maximum absolute atomic E-state index is 13.9. The number of methoxy groups -OCH3 is 1. The highest BCUT2D eigenvalue weighted by Crippen LogP contribution is 2.31. The molecular weight excluding hydrogens is 514 g/mol. The summed E-state index contributed by atoms with van der Waals surface area (Å²) >= 11 is 0. The van der Waals surface area contributed by atoms with Gasteiger partial charge in [-0.05, 0) is 44.2 Å². The first-order valence-corrected chi connectivity index (χ1v) is 13.5. The summed E-state index contributed by atoms with van der Waals surface area (Å²) in [6.07, 6.45) is 5.57. The van der Waals surface area contributed by atoms with E-state index in [1.54, 1.807) is 43.5 Å². The van der Waals surface area contributed by atoms with E-state index in [1.807, 2.05) is 44.2 Å². The lowest BCUT2D eigenvalue weighted by Gasteiger charge is -2.20. The number of terminal acetylenes is 1. The van der Waals surface area contributed by atoms with Gasteiger partial charge in [0.2, 0.25) is 5.82 Å². The molecule has 0 saturated heterocycles. The van der Waals surface area contributed by atoms with Gasteiger partial charge in [0.1, 0.15) is 11.3 Å². The van der Waals surface area contributed by atoms with Gasteiger partial charge in [-0.15, -0.1) is 16.6 Å². The van der Waals surface area contributed by atoms with Crippen LogP contribution in [0.15, 0.2) is 71.6 Å². The molecule has 0 radical (unpaired) electrons. The first kappa shape index (κ1) is 25.9. The highest BCUT2D eigenvalue weighted by molar-refractivity contribution is 7.90. The molecule has 1 amide bonds. The minimum atomic E-state index is -4.10. The van der Waals surface area contributed by atoms with E-state index in [9.17, 15) is 13.2 Å². The van der Waals surface area contributed by atoms with Crippen molar-refractivity contribution in [3.63, 3.8) is 0 Å². The summed E-state index contributed by atoms with van der Waals surface area (Å²) in [5.74, 6) is 2.23. The third-order valence-electron chi connectivity index (χ3n) is 6.36. The second-order valence-electron chi connectivity index (χ2n) is 9.09. The van der Waals surface area contributed by atoms with Gasteiger partial charge in [0, 0.05) is 10.9 Å². The molecule has 0 aliphatic carbocycles. The maximum atomic E-state index is 13.9. The highest BCUT2D eigenvalue weighted by Gasteiger charge is 2.28. The molecule has 9 nitrogen and oxygen atoms in total. The molecule has 0 bridgehead atoms. The van der Waals surface area contributed by atoms with Crippen LogP contribution < -0.4 is 4.74 Å². The van der Waals surface area contributed by atoms with Crippen molar-refractivity contribution in [3.05, 3.63) is 89.2 Å². The molecule has 0 aliphatic heterocycles. The lowest BCUT2D eigenvalue weighted by Crippen LogP contribution is -2.32. The zero-order valence-corrected chi connectivity index (χ0v) is 22.4. The Hall–Kier alpha value is -4.75. The minimum Gasteiger partial charge on any atom is -0.496 e. The predicted octanol–water partition coefficient (Wildman–Crippen LogP) is 4.12. The lowest BCUT2D eigenvalue weighted by atomic mass is 10.2. The molecule has 2 heterocycles. The number of nitrogens with zero attached hydrogens (tertiary/aromatic N) is 5. The molecule has 2 aromatic heterocycles. The zero-order chi connectivity index (χ0) is 27.7. The lowest BCUT2D eigenvalue weighted by molar-refractivity contribution is 0.0751. The number of rotatable bonds is 7. The fraction of sp³-hybridized carbons (Fsp3) is 0.172. The molecule has 5 aromatic rings. The molecule has 0 saturated carbocycles. The molecule has 5 rings (SSSR count). The molecule has 0 unspecified atom stereocenters. The summed E-state index contributed by atoms with van der Waals surface area (Å²) < 4.78 is 34.3.